The van der Waals surface area contributed by atoms with E-state index in [2.05, 4.69) is 10.2 Å². The first-order valence-corrected chi connectivity index (χ1v) is 7.64. The fourth-order valence-electron chi connectivity index (χ4n) is 2.35. The number of hydrogen-bond acceptors (Lipinski definition) is 5. The largest absolute Gasteiger partial charge is 0.427 e. The second-order valence-electron chi connectivity index (χ2n) is 5.40. The van der Waals surface area contributed by atoms with Crippen molar-refractivity contribution in [3.8, 4) is 34.0 Å². The highest BCUT2D eigenvalue weighted by molar-refractivity contribution is 5.72. The Bertz CT molecular complexity index is 822. The summed E-state index contributed by atoms with van der Waals surface area (Å²) < 4.78 is 10.0. The normalized spacial score (nSPS) is 10.3. The summed E-state index contributed by atoms with van der Waals surface area (Å²) in [7, 11) is 0. The second-order valence-corrected chi connectivity index (χ2v) is 5.40. The number of esters is 2. The molecule has 2 aromatic carbocycles. The van der Waals surface area contributed by atoms with Crippen LogP contribution in [0.25, 0.3) is 22.5 Å². The average Bonchev–Trinajstić information content (AvgIpc) is 3.05. The second kappa shape index (κ2) is 7.00. The van der Waals surface area contributed by atoms with Crippen molar-refractivity contribution in [1.82, 2.24) is 10.2 Å². The first kappa shape index (κ1) is 16.4. The lowest BCUT2D eigenvalue weighted by atomic mass is 10.1. The maximum atomic E-state index is 10.9. The predicted molar refractivity (Wildman–Crippen MR) is 92.1 cm³/mol. The molecule has 0 aliphatic heterocycles. The third kappa shape index (κ3) is 4.11. The molecule has 0 saturated heterocycles. The SMILES string of the molecule is CC(=O)Oc1ccc(-c2cc(-c3ccc(OC(C)=O)cc3)[nH]n2)cc1. The zero-order chi connectivity index (χ0) is 17.8. The molecule has 0 amide bonds. The van der Waals surface area contributed by atoms with Gasteiger partial charge in [0.1, 0.15) is 11.5 Å². The smallest absolute Gasteiger partial charge is 0.308 e. The molecule has 0 spiro atoms. The lowest BCUT2D eigenvalue weighted by Gasteiger charge is -2.02. The maximum Gasteiger partial charge on any atom is 0.308 e. The van der Waals surface area contributed by atoms with Gasteiger partial charge in [-0.25, -0.2) is 0 Å². The number of ether oxygens (including phenoxy) is 2. The van der Waals surface area contributed by atoms with E-state index in [4.69, 9.17) is 9.47 Å². The number of H-pyrrole nitrogens is 1. The van der Waals surface area contributed by atoms with E-state index in [1.165, 1.54) is 13.8 Å². The lowest BCUT2D eigenvalue weighted by molar-refractivity contribution is -0.132. The third-order valence-electron chi connectivity index (χ3n) is 3.42. The van der Waals surface area contributed by atoms with Gasteiger partial charge in [-0.3, -0.25) is 14.7 Å². The molecule has 0 saturated carbocycles. The van der Waals surface area contributed by atoms with Crippen molar-refractivity contribution in [1.29, 1.82) is 0 Å². The Labute approximate surface area is 144 Å². The molecule has 0 bridgehead atoms. The Balaban J connectivity index is 1.77. The highest BCUT2D eigenvalue weighted by Gasteiger charge is 2.07. The number of hydrogen-bond donors (Lipinski definition) is 1. The van der Waals surface area contributed by atoms with Crippen LogP contribution in [0.2, 0.25) is 0 Å². The molecule has 1 aromatic heterocycles. The number of benzene rings is 2. The van der Waals surface area contributed by atoms with Gasteiger partial charge in [0.15, 0.2) is 0 Å². The molecule has 6 heteroatoms. The van der Waals surface area contributed by atoms with Crippen molar-refractivity contribution < 1.29 is 19.1 Å². The van der Waals surface area contributed by atoms with E-state index < -0.39 is 0 Å². The summed E-state index contributed by atoms with van der Waals surface area (Å²) in [5, 5.41) is 7.29. The zero-order valence-electron chi connectivity index (χ0n) is 13.8. The molecule has 0 aliphatic carbocycles. The van der Waals surface area contributed by atoms with Gasteiger partial charge in [0, 0.05) is 19.4 Å². The van der Waals surface area contributed by atoms with Crippen molar-refractivity contribution in [2.45, 2.75) is 13.8 Å². The van der Waals surface area contributed by atoms with Crippen LogP contribution < -0.4 is 9.47 Å². The standard InChI is InChI=1S/C19H16N2O4/c1-12(22)24-16-7-3-14(4-8-16)18-11-19(21-20-18)15-5-9-17(10-6-15)25-13(2)23/h3-11H,1-2H3,(H,20,21). The molecular weight excluding hydrogens is 320 g/mol. The van der Waals surface area contributed by atoms with E-state index in [9.17, 15) is 9.59 Å². The fraction of sp³-hybridized carbons (Fsp3) is 0.105. The molecule has 6 nitrogen and oxygen atoms in total. The summed E-state index contributed by atoms with van der Waals surface area (Å²) in [6.07, 6.45) is 0. The van der Waals surface area contributed by atoms with Gasteiger partial charge in [-0.2, -0.15) is 5.10 Å². The lowest BCUT2D eigenvalue weighted by Crippen LogP contribution is -2.00. The Morgan fingerprint density at radius 1 is 0.800 bits per heavy atom. The van der Waals surface area contributed by atoms with Gasteiger partial charge in [0.2, 0.25) is 0 Å². The highest BCUT2D eigenvalue weighted by atomic mass is 16.5. The maximum absolute atomic E-state index is 10.9. The van der Waals surface area contributed by atoms with Crippen molar-refractivity contribution in [2.75, 3.05) is 0 Å². The Morgan fingerprint density at radius 2 is 1.28 bits per heavy atom. The molecule has 1 N–H and O–H groups in total. The summed E-state index contributed by atoms with van der Waals surface area (Å²) in [5.74, 6) is 0.283. The van der Waals surface area contributed by atoms with Gasteiger partial charge in [-0.05, 0) is 60.2 Å². The molecule has 0 atom stereocenters. The van der Waals surface area contributed by atoms with Crippen LogP contribution in [-0.4, -0.2) is 22.1 Å². The summed E-state index contributed by atoms with van der Waals surface area (Å²) in [6.45, 7) is 2.72. The fourth-order valence-corrected chi connectivity index (χ4v) is 2.35. The summed E-state index contributed by atoms with van der Waals surface area (Å²) in [6, 6.07) is 16.2. The van der Waals surface area contributed by atoms with Crippen LogP contribution in [0.4, 0.5) is 0 Å². The van der Waals surface area contributed by atoms with Crippen LogP contribution >= 0.6 is 0 Å². The minimum absolute atomic E-state index is 0.353. The molecule has 3 rings (SSSR count). The van der Waals surface area contributed by atoms with Crippen LogP contribution in [-0.2, 0) is 9.59 Å². The highest BCUT2D eigenvalue weighted by Crippen LogP contribution is 2.26. The quantitative estimate of drug-likeness (QED) is 0.581. The first-order chi connectivity index (χ1) is 12.0. The number of aromatic nitrogens is 2. The van der Waals surface area contributed by atoms with E-state index >= 15 is 0 Å². The van der Waals surface area contributed by atoms with E-state index in [1.807, 2.05) is 30.3 Å². The minimum Gasteiger partial charge on any atom is -0.427 e. The van der Waals surface area contributed by atoms with E-state index in [-0.39, 0.29) is 11.9 Å². The van der Waals surface area contributed by atoms with E-state index in [0.717, 1.165) is 22.5 Å². The number of nitrogens with one attached hydrogen (secondary N) is 1. The van der Waals surface area contributed by atoms with Gasteiger partial charge < -0.3 is 9.47 Å². The Kier molecular flexibility index (Phi) is 4.61. The van der Waals surface area contributed by atoms with Gasteiger partial charge in [0.05, 0.1) is 11.4 Å². The molecule has 0 radical (unpaired) electrons. The molecule has 0 aliphatic rings. The predicted octanol–water partition coefficient (Wildman–Crippen LogP) is 3.59. The van der Waals surface area contributed by atoms with Crippen LogP contribution in [0.3, 0.4) is 0 Å². The monoisotopic (exact) mass is 336 g/mol. The first-order valence-electron chi connectivity index (χ1n) is 7.64. The summed E-state index contributed by atoms with van der Waals surface area (Å²) in [5.41, 5.74) is 3.43. The molecule has 3 aromatic rings. The average molecular weight is 336 g/mol. The molecule has 1 heterocycles. The Hall–Kier alpha value is -3.41. The van der Waals surface area contributed by atoms with Crippen molar-refractivity contribution >= 4 is 11.9 Å². The van der Waals surface area contributed by atoms with Crippen LogP contribution in [0.1, 0.15) is 13.8 Å². The van der Waals surface area contributed by atoms with Gasteiger partial charge >= 0.3 is 11.9 Å². The van der Waals surface area contributed by atoms with Crippen LogP contribution in [0.5, 0.6) is 11.5 Å². The molecule has 25 heavy (non-hydrogen) atoms. The molecule has 126 valence electrons. The van der Waals surface area contributed by atoms with E-state index in [0.29, 0.717) is 11.5 Å². The van der Waals surface area contributed by atoms with Crippen molar-refractivity contribution in [2.24, 2.45) is 0 Å². The van der Waals surface area contributed by atoms with Crippen LogP contribution in [0.15, 0.2) is 54.6 Å². The molecular formula is C19H16N2O4. The molecule has 0 unspecified atom stereocenters. The summed E-state index contributed by atoms with van der Waals surface area (Å²) >= 11 is 0. The number of rotatable bonds is 4. The number of carbonyl (C=O) groups excluding carboxylic acids is 2. The van der Waals surface area contributed by atoms with Gasteiger partial charge in [-0.1, -0.05) is 0 Å². The summed E-state index contributed by atoms with van der Waals surface area (Å²) in [4.78, 5) is 21.9. The van der Waals surface area contributed by atoms with E-state index in [1.54, 1.807) is 24.3 Å². The van der Waals surface area contributed by atoms with Gasteiger partial charge in [0.25, 0.3) is 0 Å². The number of carbonyl (C=O) groups is 2. The minimum atomic E-state index is -0.355. The number of nitrogens with zero attached hydrogens (tertiary/aromatic N) is 1. The third-order valence-corrected chi connectivity index (χ3v) is 3.42. The number of aromatic amines is 1. The Morgan fingerprint density at radius 3 is 1.76 bits per heavy atom. The topological polar surface area (TPSA) is 81.3 Å². The van der Waals surface area contributed by atoms with Gasteiger partial charge in [-0.15, -0.1) is 0 Å². The van der Waals surface area contributed by atoms with Crippen molar-refractivity contribution in [3.05, 3.63) is 54.6 Å². The van der Waals surface area contributed by atoms with Crippen molar-refractivity contribution in [3.63, 3.8) is 0 Å². The van der Waals surface area contributed by atoms with Crippen LogP contribution in [0, 0.1) is 0 Å². The zero-order valence-corrected chi connectivity index (χ0v) is 13.8. The molecule has 0 fully saturated rings.